The zero-order valence-electron chi connectivity index (χ0n) is 13.6. The van der Waals surface area contributed by atoms with E-state index < -0.39 is 0 Å². The summed E-state index contributed by atoms with van der Waals surface area (Å²) >= 11 is 0. The summed E-state index contributed by atoms with van der Waals surface area (Å²) in [6, 6.07) is 15.3. The number of rotatable bonds is 6. The van der Waals surface area contributed by atoms with Gasteiger partial charge >= 0.3 is 0 Å². The molecule has 0 unspecified atom stereocenters. The van der Waals surface area contributed by atoms with Crippen molar-refractivity contribution in [2.75, 3.05) is 10.6 Å². The number of anilines is 2. The van der Waals surface area contributed by atoms with Crippen LogP contribution in [0.5, 0.6) is 0 Å². The fourth-order valence-corrected chi connectivity index (χ4v) is 2.30. The summed E-state index contributed by atoms with van der Waals surface area (Å²) in [6.07, 6.45) is 1.18. The van der Waals surface area contributed by atoms with Gasteiger partial charge in [-0.05, 0) is 55.7 Å². The van der Waals surface area contributed by atoms with Crippen LogP contribution in [-0.2, 0) is 9.59 Å². The summed E-state index contributed by atoms with van der Waals surface area (Å²) in [4.78, 5) is 23.7. The van der Waals surface area contributed by atoms with Crippen LogP contribution in [-0.4, -0.2) is 11.8 Å². The third-order valence-electron chi connectivity index (χ3n) is 3.41. The first-order valence-corrected chi connectivity index (χ1v) is 7.76. The van der Waals surface area contributed by atoms with Gasteiger partial charge in [0.2, 0.25) is 11.8 Å². The zero-order valence-corrected chi connectivity index (χ0v) is 13.6. The van der Waals surface area contributed by atoms with Gasteiger partial charge in [0.05, 0.1) is 0 Å². The van der Waals surface area contributed by atoms with Crippen molar-refractivity contribution >= 4 is 23.2 Å². The summed E-state index contributed by atoms with van der Waals surface area (Å²) in [7, 11) is 0. The molecule has 0 aliphatic heterocycles. The second-order valence-electron chi connectivity index (χ2n) is 5.69. The molecule has 120 valence electrons. The molecule has 0 spiro atoms. The van der Waals surface area contributed by atoms with Gasteiger partial charge in [0, 0.05) is 24.2 Å². The van der Waals surface area contributed by atoms with E-state index in [0.29, 0.717) is 19.3 Å². The normalized spacial score (nSPS) is 10.2. The highest BCUT2D eigenvalue weighted by Gasteiger charge is 2.06. The number of amides is 2. The molecule has 23 heavy (non-hydrogen) atoms. The number of nitrogens with one attached hydrogen (secondary N) is 2. The van der Waals surface area contributed by atoms with Crippen LogP contribution in [0.3, 0.4) is 0 Å². The Morgan fingerprint density at radius 2 is 1.22 bits per heavy atom. The highest BCUT2D eigenvalue weighted by atomic mass is 16.2. The first-order valence-electron chi connectivity index (χ1n) is 7.76. The Morgan fingerprint density at radius 3 is 1.61 bits per heavy atom. The van der Waals surface area contributed by atoms with E-state index in [4.69, 9.17) is 0 Å². The van der Waals surface area contributed by atoms with Crippen molar-refractivity contribution in [3.8, 4) is 0 Å². The van der Waals surface area contributed by atoms with Gasteiger partial charge in [-0.3, -0.25) is 9.59 Å². The molecule has 4 heteroatoms. The number of hydrogen-bond donors (Lipinski definition) is 2. The third-order valence-corrected chi connectivity index (χ3v) is 3.41. The average Bonchev–Trinajstić information content (AvgIpc) is 2.47. The van der Waals surface area contributed by atoms with Gasteiger partial charge in [-0.1, -0.05) is 24.3 Å². The molecule has 2 N–H and O–H groups in total. The van der Waals surface area contributed by atoms with Crippen LogP contribution in [0, 0.1) is 13.8 Å². The molecule has 0 aliphatic rings. The van der Waals surface area contributed by atoms with E-state index in [9.17, 15) is 9.59 Å². The van der Waals surface area contributed by atoms with Crippen molar-refractivity contribution in [3.63, 3.8) is 0 Å². The van der Waals surface area contributed by atoms with E-state index in [1.807, 2.05) is 62.4 Å². The minimum absolute atomic E-state index is 0.0704. The predicted octanol–water partition coefficient (Wildman–Crippen LogP) is 4.05. The zero-order chi connectivity index (χ0) is 16.7. The van der Waals surface area contributed by atoms with Crippen LogP contribution < -0.4 is 10.6 Å². The quantitative estimate of drug-likeness (QED) is 0.845. The standard InChI is InChI=1S/C19H22N2O2/c1-14-6-3-8-16(12-14)20-18(22)10-5-11-19(23)21-17-9-4-7-15(2)13-17/h3-4,6-9,12-13H,5,10-11H2,1-2H3,(H,20,22)(H,21,23). The second-order valence-corrected chi connectivity index (χ2v) is 5.69. The molecular weight excluding hydrogens is 288 g/mol. The molecule has 0 atom stereocenters. The van der Waals surface area contributed by atoms with E-state index in [2.05, 4.69) is 10.6 Å². The first-order chi connectivity index (χ1) is 11.0. The van der Waals surface area contributed by atoms with Crippen LogP contribution in [0.15, 0.2) is 48.5 Å². The Labute approximate surface area is 136 Å². The van der Waals surface area contributed by atoms with Gasteiger partial charge in [0.15, 0.2) is 0 Å². The lowest BCUT2D eigenvalue weighted by molar-refractivity contribution is -0.117. The van der Waals surface area contributed by atoms with E-state index in [0.717, 1.165) is 22.5 Å². The van der Waals surface area contributed by atoms with E-state index >= 15 is 0 Å². The molecule has 0 radical (unpaired) electrons. The van der Waals surface area contributed by atoms with E-state index in [1.165, 1.54) is 0 Å². The Morgan fingerprint density at radius 1 is 0.783 bits per heavy atom. The van der Waals surface area contributed by atoms with E-state index in [1.54, 1.807) is 0 Å². The summed E-state index contributed by atoms with van der Waals surface area (Å²) in [5.74, 6) is -0.141. The summed E-state index contributed by atoms with van der Waals surface area (Å²) in [6.45, 7) is 3.95. The number of hydrogen-bond acceptors (Lipinski definition) is 2. The SMILES string of the molecule is Cc1cccc(NC(=O)CCCC(=O)Nc2cccc(C)c2)c1. The topological polar surface area (TPSA) is 58.2 Å². The highest BCUT2D eigenvalue weighted by Crippen LogP contribution is 2.12. The summed E-state index contributed by atoms with van der Waals surface area (Å²) < 4.78 is 0. The van der Waals surface area contributed by atoms with E-state index in [-0.39, 0.29) is 11.8 Å². The van der Waals surface area contributed by atoms with Gasteiger partial charge < -0.3 is 10.6 Å². The molecule has 2 aromatic carbocycles. The summed E-state index contributed by atoms with van der Waals surface area (Å²) in [5, 5.41) is 5.69. The maximum Gasteiger partial charge on any atom is 0.224 e. The molecule has 0 heterocycles. The fraction of sp³-hybridized carbons (Fsp3) is 0.263. The lowest BCUT2D eigenvalue weighted by atomic mass is 10.2. The Balaban J connectivity index is 1.71. The number of aryl methyl sites for hydroxylation is 2. The molecule has 0 fully saturated rings. The maximum absolute atomic E-state index is 11.9. The minimum atomic E-state index is -0.0704. The number of carbonyl (C=O) groups excluding carboxylic acids is 2. The van der Waals surface area contributed by atoms with Crippen molar-refractivity contribution in [2.24, 2.45) is 0 Å². The van der Waals surface area contributed by atoms with Gasteiger partial charge in [-0.25, -0.2) is 0 Å². The van der Waals surface area contributed by atoms with Gasteiger partial charge in [0.1, 0.15) is 0 Å². The molecular formula is C19H22N2O2. The van der Waals surface area contributed by atoms with Crippen LogP contribution in [0.1, 0.15) is 30.4 Å². The Bertz CT molecular complexity index is 636. The molecule has 2 amide bonds. The van der Waals surface area contributed by atoms with Crippen LogP contribution in [0.2, 0.25) is 0 Å². The molecule has 2 rings (SSSR count). The van der Waals surface area contributed by atoms with Crippen molar-refractivity contribution in [2.45, 2.75) is 33.1 Å². The highest BCUT2D eigenvalue weighted by molar-refractivity contribution is 5.93. The summed E-state index contributed by atoms with van der Waals surface area (Å²) in [5.41, 5.74) is 3.78. The van der Waals surface area contributed by atoms with Crippen molar-refractivity contribution in [1.82, 2.24) is 0 Å². The van der Waals surface area contributed by atoms with Gasteiger partial charge in [-0.2, -0.15) is 0 Å². The van der Waals surface area contributed by atoms with Gasteiger partial charge in [0.25, 0.3) is 0 Å². The van der Waals surface area contributed by atoms with Crippen molar-refractivity contribution in [1.29, 1.82) is 0 Å². The Hall–Kier alpha value is -2.62. The van der Waals surface area contributed by atoms with Crippen LogP contribution in [0.4, 0.5) is 11.4 Å². The molecule has 0 bridgehead atoms. The molecule has 2 aromatic rings. The molecule has 0 aliphatic carbocycles. The third kappa shape index (κ3) is 5.94. The van der Waals surface area contributed by atoms with Crippen molar-refractivity contribution < 1.29 is 9.59 Å². The van der Waals surface area contributed by atoms with Crippen molar-refractivity contribution in [3.05, 3.63) is 59.7 Å². The van der Waals surface area contributed by atoms with Gasteiger partial charge in [-0.15, -0.1) is 0 Å². The second kappa shape index (κ2) is 8.13. The number of benzene rings is 2. The minimum Gasteiger partial charge on any atom is -0.326 e. The van der Waals surface area contributed by atoms with Crippen LogP contribution >= 0.6 is 0 Å². The predicted molar refractivity (Wildman–Crippen MR) is 93.5 cm³/mol. The first kappa shape index (κ1) is 16.7. The molecule has 0 saturated carbocycles. The monoisotopic (exact) mass is 310 g/mol. The molecule has 4 nitrogen and oxygen atoms in total. The molecule has 0 saturated heterocycles. The largest absolute Gasteiger partial charge is 0.326 e. The fourth-order valence-electron chi connectivity index (χ4n) is 2.30. The lowest BCUT2D eigenvalue weighted by Crippen LogP contribution is -2.14. The molecule has 0 aromatic heterocycles. The average molecular weight is 310 g/mol. The lowest BCUT2D eigenvalue weighted by Gasteiger charge is -2.07. The smallest absolute Gasteiger partial charge is 0.224 e. The number of carbonyl (C=O) groups is 2. The maximum atomic E-state index is 11.9. The Kier molecular flexibility index (Phi) is 5.92. The van der Waals surface area contributed by atoms with Crippen LogP contribution in [0.25, 0.3) is 0 Å².